The lowest BCUT2D eigenvalue weighted by molar-refractivity contribution is -0.121. The molecule has 0 heterocycles. The summed E-state index contributed by atoms with van der Waals surface area (Å²) in [6.07, 6.45) is 0. The topological polar surface area (TPSA) is 99.7 Å². The highest BCUT2D eigenvalue weighted by molar-refractivity contribution is 7.91. The van der Waals surface area contributed by atoms with Crippen molar-refractivity contribution in [3.63, 3.8) is 0 Å². The molecule has 0 radical (unpaired) electrons. The fourth-order valence-corrected chi connectivity index (χ4v) is 2.12. The molecular weight excluding hydrogens is 292 g/mol. The molecule has 0 aromatic rings. The monoisotopic (exact) mass is 320 g/mol. The molecule has 7 nitrogen and oxygen atoms in total. The smallest absolute Gasteiger partial charge is 0.242 e. The van der Waals surface area contributed by atoms with Crippen LogP contribution in [0, 0.1) is 0 Å². The minimum atomic E-state index is -3.01. The van der Waals surface area contributed by atoms with Crippen molar-refractivity contribution in [3.8, 4) is 0 Å². The quantitative estimate of drug-likeness (QED) is 0.449. The molecule has 8 heteroatoms. The zero-order valence-electron chi connectivity index (χ0n) is 13.6. The van der Waals surface area contributed by atoms with Gasteiger partial charge in [0.1, 0.15) is 6.54 Å². The Hall–Kier alpha value is -1.31. The van der Waals surface area contributed by atoms with Crippen LogP contribution in [-0.4, -0.2) is 57.0 Å². The first-order valence-electron chi connectivity index (χ1n) is 7.13. The number of carbonyl (C=O) groups excluding carboxylic acids is 1. The van der Waals surface area contributed by atoms with Crippen molar-refractivity contribution in [3.05, 3.63) is 0 Å². The Morgan fingerprint density at radius 2 is 1.76 bits per heavy atom. The fraction of sp³-hybridized carbons (Fsp3) is 0.846. The van der Waals surface area contributed by atoms with Gasteiger partial charge in [0, 0.05) is 24.4 Å². The van der Waals surface area contributed by atoms with E-state index >= 15 is 0 Å². The van der Waals surface area contributed by atoms with Gasteiger partial charge in [0.15, 0.2) is 15.8 Å². The average molecular weight is 320 g/mol. The van der Waals surface area contributed by atoms with Gasteiger partial charge in [0.05, 0.1) is 5.75 Å². The number of aliphatic imine (C=N–C) groups is 1. The fourth-order valence-electron chi connectivity index (χ4n) is 1.42. The van der Waals surface area contributed by atoms with Crippen molar-refractivity contribution in [2.24, 2.45) is 4.99 Å². The Morgan fingerprint density at radius 1 is 1.14 bits per heavy atom. The van der Waals surface area contributed by atoms with Gasteiger partial charge in [0.25, 0.3) is 0 Å². The molecule has 0 fully saturated rings. The number of amides is 1. The maximum Gasteiger partial charge on any atom is 0.242 e. The second-order valence-electron chi connectivity index (χ2n) is 5.66. The van der Waals surface area contributed by atoms with Gasteiger partial charge in [-0.25, -0.2) is 13.4 Å². The number of nitrogens with one attached hydrogen (secondary N) is 3. The minimum absolute atomic E-state index is 0.00681. The predicted molar refractivity (Wildman–Crippen MR) is 86.2 cm³/mol. The van der Waals surface area contributed by atoms with Gasteiger partial charge in [-0.2, -0.15) is 0 Å². The summed E-state index contributed by atoms with van der Waals surface area (Å²) in [5.74, 6) is 0.423. The largest absolute Gasteiger partial charge is 0.357 e. The van der Waals surface area contributed by atoms with Crippen LogP contribution < -0.4 is 16.0 Å². The van der Waals surface area contributed by atoms with E-state index in [1.165, 1.54) is 0 Å². The summed E-state index contributed by atoms with van der Waals surface area (Å²) in [7, 11) is -3.01. The zero-order valence-corrected chi connectivity index (χ0v) is 14.4. The molecular formula is C13H28N4O3S. The van der Waals surface area contributed by atoms with Gasteiger partial charge in [-0.15, -0.1) is 0 Å². The summed E-state index contributed by atoms with van der Waals surface area (Å²) >= 11 is 0. The molecule has 1 amide bonds. The number of hydrogen-bond acceptors (Lipinski definition) is 4. The van der Waals surface area contributed by atoms with E-state index in [0.717, 1.165) is 0 Å². The highest BCUT2D eigenvalue weighted by Crippen LogP contribution is 1.97. The zero-order chi connectivity index (χ0) is 16.5. The number of hydrogen-bond donors (Lipinski definition) is 3. The molecule has 0 unspecified atom stereocenters. The van der Waals surface area contributed by atoms with Crippen LogP contribution in [-0.2, 0) is 14.6 Å². The Morgan fingerprint density at radius 3 is 2.24 bits per heavy atom. The highest BCUT2D eigenvalue weighted by atomic mass is 32.2. The lowest BCUT2D eigenvalue weighted by atomic mass is 10.1. The minimum Gasteiger partial charge on any atom is -0.357 e. The van der Waals surface area contributed by atoms with Crippen LogP contribution in [0.3, 0.4) is 0 Å². The van der Waals surface area contributed by atoms with Crippen molar-refractivity contribution in [2.45, 2.75) is 40.2 Å². The first-order valence-corrected chi connectivity index (χ1v) is 8.95. The summed E-state index contributed by atoms with van der Waals surface area (Å²) in [5.41, 5.74) is -0.298. The van der Waals surface area contributed by atoms with E-state index in [2.05, 4.69) is 20.9 Å². The Kier molecular flexibility index (Phi) is 8.31. The summed E-state index contributed by atoms with van der Waals surface area (Å²) < 4.78 is 22.8. The summed E-state index contributed by atoms with van der Waals surface area (Å²) in [4.78, 5) is 15.8. The maximum absolute atomic E-state index is 11.7. The molecule has 0 saturated carbocycles. The van der Waals surface area contributed by atoms with Crippen LogP contribution >= 0.6 is 0 Å². The molecule has 0 rings (SSSR count). The van der Waals surface area contributed by atoms with Crippen LogP contribution in [0.4, 0.5) is 0 Å². The third-order valence-corrected chi connectivity index (χ3v) is 4.09. The van der Waals surface area contributed by atoms with Gasteiger partial charge in [0.2, 0.25) is 5.91 Å². The molecule has 21 heavy (non-hydrogen) atoms. The van der Waals surface area contributed by atoms with E-state index in [-0.39, 0.29) is 36.0 Å². The first-order chi connectivity index (χ1) is 9.59. The Labute approximate surface area is 127 Å². The van der Waals surface area contributed by atoms with Crippen LogP contribution in [0.5, 0.6) is 0 Å². The van der Waals surface area contributed by atoms with Crippen molar-refractivity contribution in [1.82, 2.24) is 16.0 Å². The molecule has 0 aliphatic heterocycles. The first kappa shape index (κ1) is 19.7. The number of sulfone groups is 1. The molecule has 0 bridgehead atoms. The van der Waals surface area contributed by atoms with E-state index in [4.69, 9.17) is 0 Å². The van der Waals surface area contributed by atoms with Crippen LogP contribution in [0.2, 0.25) is 0 Å². The maximum atomic E-state index is 11.7. The molecule has 0 aliphatic rings. The lowest BCUT2D eigenvalue weighted by Crippen LogP contribution is -2.43. The summed E-state index contributed by atoms with van der Waals surface area (Å²) in [6, 6.07) is 0. The third kappa shape index (κ3) is 11.1. The molecule has 0 aromatic carbocycles. The number of guanidine groups is 1. The summed E-state index contributed by atoms with van der Waals surface area (Å²) in [5, 5.41) is 8.69. The van der Waals surface area contributed by atoms with Gasteiger partial charge in [-0.1, -0.05) is 6.92 Å². The lowest BCUT2D eigenvalue weighted by Gasteiger charge is -2.20. The highest BCUT2D eigenvalue weighted by Gasteiger charge is 2.13. The predicted octanol–water partition coefficient (Wildman–Crippen LogP) is -0.109. The molecule has 3 N–H and O–H groups in total. The second-order valence-corrected chi connectivity index (χ2v) is 8.13. The van der Waals surface area contributed by atoms with E-state index in [1.54, 1.807) is 6.92 Å². The van der Waals surface area contributed by atoms with Crippen molar-refractivity contribution in [1.29, 1.82) is 0 Å². The molecule has 0 aliphatic carbocycles. The normalized spacial score (nSPS) is 12.9. The van der Waals surface area contributed by atoms with E-state index < -0.39 is 9.84 Å². The molecule has 0 saturated heterocycles. The number of nitrogens with zero attached hydrogens (tertiary/aromatic N) is 1. The van der Waals surface area contributed by atoms with Crippen molar-refractivity contribution >= 4 is 21.7 Å². The van der Waals surface area contributed by atoms with E-state index in [0.29, 0.717) is 12.5 Å². The van der Waals surface area contributed by atoms with E-state index in [1.807, 2.05) is 27.7 Å². The third-order valence-electron chi connectivity index (χ3n) is 2.38. The van der Waals surface area contributed by atoms with E-state index in [9.17, 15) is 13.2 Å². The van der Waals surface area contributed by atoms with Crippen LogP contribution in [0.25, 0.3) is 0 Å². The van der Waals surface area contributed by atoms with Crippen LogP contribution in [0.15, 0.2) is 4.99 Å². The molecule has 0 atom stereocenters. The van der Waals surface area contributed by atoms with Gasteiger partial charge in [-0.3, -0.25) is 4.79 Å². The van der Waals surface area contributed by atoms with Gasteiger partial charge < -0.3 is 16.0 Å². The van der Waals surface area contributed by atoms with Crippen LogP contribution in [0.1, 0.15) is 34.6 Å². The second kappa shape index (κ2) is 8.86. The van der Waals surface area contributed by atoms with Crippen molar-refractivity contribution < 1.29 is 13.2 Å². The Balaban J connectivity index is 4.40. The van der Waals surface area contributed by atoms with Gasteiger partial charge >= 0.3 is 0 Å². The average Bonchev–Trinajstić information content (AvgIpc) is 2.33. The number of carbonyl (C=O) groups is 1. The molecule has 0 spiro atoms. The standard InChI is InChI=1S/C13H28N4O3S/c1-6-14-12(15-8-9-21(19,20)7-2)16-10-11(18)17-13(3,4)5/h6-10H2,1-5H3,(H,17,18)(H2,14,15,16). The van der Waals surface area contributed by atoms with Crippen molar-refractivity contribution in [2.75, 3.05) is 31.1 Å². The molecule has 124 valence electrons. The summed E-state index contributed by atoms with van der Waals surface area (Å²) in [6.45, 7) is 10.1. The molecule has 0 aromatic heterocycles. The number of rotatable bonds is 7. The van der Waals surface area contributed by atoms with Gasteiger partial charge in [-0.05, 0) is 27.7 Å². The Bertz CT molecular complexity index is 453. The SMILES string of the molecule is CCNC(=NCC(=O)NC(C)(C)C)NCCS(=O)(=O)CC.